The molecule has 0 fully saturated rings. The third-order valence-corrected chi connectivity index (χ3v) is 5.31. The van der Waals surface area contributed by atoms with Crippen molar-refractivity contribution in [3.05, 3.63) is 83.3 Å². The van der Waals surface area contributed by atoms with E-state index in [0.29, 0.717) is 12.2 Å². The number of fused-ring (bicyclic) bond motifs is 2. The van der Waals surface area contributed by atoms with Gasteiger partial charge in [-0.3, -0.25) is 4.79 Å². The fourth-order valence-corrected chi connectivity index (χ4v) is 3.90. The van der Waals surface area contributed by atoms with Crippen molar-refractivity contribution >= 4 is 11.6 Å². The summed E-state index contributed by atoms with van der Waals surface area (Å²) in [7, 11) is 0. The molecule has 0 saturated heterocycles. The molecular weight excluding hydrogens is 369 g/mol. The van der Waals surface area contributed by atoms with E-state index >= 15 is 0 Å². The Labute approximate surface area is 167 Å². The quantitative estimate of drug-likeness (QED) is 0.581. The summed E-state index contributed by atoms with van der Waals surface area (Å²) < 4.78 is 17.0. The molecule has 3 heterocycles. The van der Waals surface area contributed by atoms with Crippen LogP contribution in [0.2, 0.25) is 0 Å². The zero-order valence-electron chi connectivity index (χ0n) is 15.8. The SMILES string of the molecule is O=C(NCc1cn2ccccc2n1)c1nn(-c2ccc(F)cc2)c2c1CCCC2. The molecule has 0 spiro atoms. The number of nitrogens with zero attached hydrogens (tertiary/aromatic N) is 4. The average molecular weight is 389 g/mol. The number of benzene rings is 1. The molecule has 1 aliphatic carbocycles. The molecule has 146 valence electrons. The maximum absolute atomic E-state index is 13.3. The van der Waals surface area contributed by atoms with Crippen LogP contribution in [0.1, 0.15) is 40.3 Å². The lowest BCUT2D eigenvalue weighted by Gasteiger charge is -2.14. The fraction of sp³-hybridized carbons (Fsp3) is 0.227. The number of rotatable bonds is 4. The van der Waals surface area contributed by atoms with E-state index in [-0.39, 0.29) is 11.7 Å². The van der Waals surface area contributed by atoms with E-state index in [1.807, 2.05) is 35.0 Å². The number of amides is 1. The summed E-state index contributed by atoms with van der Waals surface area (Å²) in [4.78, 5) is 17.4. The standard InChI is InChI=1S/C22H20FN5O/c23-15-8-10-17(11-9-15)28-19-6-2-1-5-18(19)21(26-28)22(29)24-13-16-14-27-12-4-3-7-20(27)25-16/h3-4,7-12,14H,1-2,5-6,13H2,(H,24,29). The van der Waals surface area contributed by atoms with Gasteiger partial charge < -0.3 is 9.72 Å². The Morgan fingerprint density at radius 3 is 2.76 bits per heavy atom. The Hall–Kier alpha value is -3.48. The second-order valence-electron chi connectivity index (χ2n) is 7.25. The van der Waals surface area contributed by atoms with Gasteiger partial charge >= 0.3 is 0 Å². The molecule has 5 rings (SSSR count). The van der Waals surface area contributed by atoms with Crippen LogP contribution in [0.15, 0.2) is 54.9 Å². The predicted octanol–water partition coefficient (Wildman–Crippen LogP) is 3.47. The molecule has 1 amide bonds. The van der Waals surface area contributed by atoms with Crippen molar-refractivity contribution in [2.24, 2.45) is 0 Å². The number of carbonyl (C=O) groups excluding carboxylic acids is 1. The minimum absolute atomic E-state index is 0.207. The predicted molar refractivity (Wildman–Crippen MR) is 107 cm³/mol. The van der Waals surface area contributed by atoms with Crippen molar-refractivity contribution in [3.63, 3.8) is 0 Å². The molecule has 6 nitrogen and oxygen atoms in total. The molecule has 1 aromatic carbocycles. The zero-order chi connectivity index (χ0) is 19.8. The molecule has 3 aromatic heterocycles. The van der Waals surface area contributed by atoms with E-state index in [0.717, 1.165) is 54.0 Å². The van der Waals surface area contributed by atoms with Crippen LogP contribution in [0.4, 0.5) is 4.39 Å². The van der Waals surface area contributed by atoms with Gasteiger partial charge in [0.25, 0.3) is 5.91 Å². The summed E-state index contributed by atoms with van der Waals surface area (Å²) in [6, 6.07) is 12.0. The Balaban J connectivity index is 1.42. The highest BCUT2D eigenvalue weighted by Gasteiger charge is 2.25. The molecule has 29 heavy (non-hydrogen) atoms. The van der Waals surface area contributed by atoms with E-state index in [1.165, 1.54) is 12.1 Å². The maximum Gasteiger partial charge on any atom is 0.272 e. The lowest BCUT2D eigenvalue weighted by atomic mass is 9.95. The second kappa shape index (κ2) is 7.16. The Kier molecular flexibility index (Phi) is 4.35. The van der Waals surface area contributed by atoms with Crippen molar-refractivity contribution in [3.8, 4) is 5.69 Å². The van der Waals surface area contributed by atoms with Crippen LogP contribution in [0.5, 0.6) is 0 Å². The van der Waals surface area contributed by atoms with E-state index in [4.69, 9.17) is 0 Å². The summed E-state index contributed by atoms with van der Waals surface area (Å²) in [5, 5.41) is 7.55. The third kappa shape index (κ3) is 3.29. The minimum atomic E-state index is -0.291. The van der Waals surface area contributed by atoms with Crippen LogP contribution >= 0.6 is 0 Å². The summed E-state index contributed by atoms with van der Waals surface area (Å²) in [6.45, 7) is 0.332. The van der Waals surface area contributed by atoms with Gasteiger partial charge in [-0.2, -0.15) is 5.10 Å². The van der Waals surface area contributed by atoms with E-state index in [2.05, 4.69) is 15.4 Å². The first-order valence-corrected chi connectivity index (χ1v) is 9.76. The summed E-state index contributed by atoms with van der Waals surface area (Å²) in [5.74, 6) is -0.499. The first-order valence-electron chi connectivity index (χ1n) is 9.76. The lowest BCUT2D eigenvalue weighted by molar-refractivity contribution is 0.0944. The molecule has 0 bridgehead atoms. The first-order chi connectivity index (χ1) is 14.2. The third-order valence-electron chi connectivity index (χ3n) is 5.31. The van der Waals surface area contributed by atoms with Gasteiger partial charge in [0, 0.05) is 23.7 Å². The fourth-order valence-electron chi connectivity index (χ4n) is 3.90. The number of carbonyl (C=O) groups is 1. The molecule has 7 heteroatoms. The first kappa shape index (κ1) is 17.6. The number of pyridine rings is 1. The topological polar surface area (TPSA) is 64.2 Å². The largest absolute Gasteiger partial charge is 0.345 e. The van der Waals surface area contributed by atoms with Gasteiger partial charge in [-0.15, -0.1) is 0 Å². The van der Waals surface area contributed by atoms with Crippen molar-refractivity contribution in [1.29, 1.82) is 0 Å². The lowest BCUT2D eigenvalue weighted by Crippen LogP contribution is -2.25. The van der Waals surface area contributed by atoms with Crippen molar-refractivity contribution in [1.82, 2.24) is 24.5 Å². The molecule has 0 aliphatic heterocycles. The van der Waals surface area contributed by atoms with Crippen LogP contribution in [-0.2, 0) is 19.4 Å². The van der Waals surface area contributed by atoms with Crippen LogP contribution in [0, 0.1) is 5.82 Å². The van der Waals surface area contributed by atoms with Crippen molar-refractivity contribution in [2.75, 3.05) is 0 Å². The number of halogens is 1. The van der Waals surface area contributed by atoms with Gasteiger partial charge in [0.2, 0.25) is 0 Å². The van der Waals surface area contributed by atoms with Crippen molar-refractivity contribution < 1.29 is 9.18 Å². The van der Waals surface area contributed by atoms with Crippen molar-refractivity contribution in [2.45, 2.75) is 32.2 Å². The molecule has 1 N–H and O–H groups in total. The van der Waals surface area contributed by atoms with Gasteiger partial charge in [-0.05, 0) is 62.1 Å². The Morgan fingerprint density at radius 1 is 1.10 bits per heavy atom. The zero-order valence-corrected chi connectivity index (χ0v) is 15.8. The highest BCUT2D eigenvalue weighted by molar-refractivity contribution is 5.94. The highest BCUT2D eigenvalue weighted by Crippen LogP contribution is 2.27. The molecule has 1 aliphatic rings. The molecule has 0 saturated carbocycles. The second-order valence-corrected chi connectivity index (χ2v) is 7.25. The molecule has 0 unspecified atom stereocenters. The highest BCUT2D eigenvalue weighted by atomic mass is 19.1. The van der Waals surface area contributed by atoms with E-state index in [1.54, 1.807) is 16.8 Å². The van der Waals surface area contributed by atoms with Gasteiger partial charge in [0.15, 0.2) is 5.69 Å². The smallest absolute Gasteiger partial charge is 0.272 e. The van der Waals surface area contributed by atoms with E-state index in [9.17, 15) is 9.18 Å². The summed E-state index contributed by atoms with van der Waals surface area (Å²) >= 11 is 0. The van der Waals surface area contributed by atoms with Crippen LogP contribution < -0.4 is 5.32 Å². The van der Waals surface area contributed by atoms with E-state index < -0.39 is 0 Å². The number of hydrogen-bond donors (Lipinski definition) is 1. The van der Waals surface area contributed by atoms with Gasteiger partial charge in [-0.1, -0.05) is 6.07 Å². The van der Waals surface area contributed by atoms with Crippen LogP contribution in [0.3, 0.4) is 0 Å². The molecule has 0 radical (unpaired) electrons. The molecule has 4 aromatic rings. The average Bonchev–Trinajstić information content (AvgIpc) is 3.34. The minimum Gasteiger partial charge on any atom is -0.345 e. The normalized spacial score (nSPS) is 13.4. The van der Waals surface area contributed by atoms with Crippen LogP contribution in [-0.4, -0.2) is 25.1 Å². The summed E-state index contributed by atoms with van der Waals surface area (Å²) in [5.41, 5.74) is 4.89. The van der Waals surface area contributed by atoms with Crippen LogP contribution in [0.25, 0.3) is 11.3 Å². The number of hydrogen-bond acceptors (Lipinski definition) is 3. The monoisotopic (exact) mass is 389 g/mol. The summed E-state index contributed by atoms with van der Waals surface area (Å²) in [6.07, 6.45) is 7.61. The number of nitrogens with one attached hydrogen (secondary N) is 1. The Morgan fingerprint density at radius 2 is 1.93 bits per heavy atom. The molecule has 0 atom stereocenters. The Bertz CT molecular complexity index is 1160. The van der Waals surface area contributed by atoms with Gasteiger partial charge in [-0.25, -0.2) is 14.1 Å². The van der Waals surface area contributed by atoms with Gasteiger partial charge in [0.05, 0.1) is 17.9 Å². The number of aromatic nitrogens is 4. The maximum atomic E-state index is 13.3. The number of imidazole rings is 1. The molecular formula is C22H20FN5O. The van der Waals surface area contributed by atoms with Gasteiger partial charge in [0.1, 0.15) is 11.5 Å².